The highest BCUT2D eigenvalue weighted by Gasteiger charge is 2.21. The van der Waals surface area contributed by atoms with Crippen molar-refractivity contribution in [3.8, 4) is 11.6 Å². The van der Waals surface area contributed by atoms with Crippen molar-refractivity contribution in [2.75, 3.05) is 13.2 Å². The van der Waals surface area contributed by atoms with E-state index >= 15 is 0 Å². The number of hydrogen-bond acceptors (Lipinski definition) is 4. The number of amides is 1. The Kier molecular flexibility index (Phi) is 5.52. The van der Waals surface area contributed by atoms with Crippen LogP contribution in [0.2, 0.25) is 0 Å². The highest BCUT2D eigenvalue weighted by molar-refractivity contribution is 9.10. The molecule has 0 saturated carbocycles. The summed E-state index contributed by atoms with van der Waals surface area (Å²) in [4.78, 5) is 12.2. The van der Waals surface area contributed by atoms with Crippen LogP contribution in [0.25, 0.3) is 5.69 Å². The number of ether oxygens (including phenoxy) is 2. The van der Waals surface area contributed by atoms with E-state index < -0.39 is 6.10 Å². The van der Waals surface area contributed by atoms with Gasteiger partial charge in [0.2, 0.25) is 5.88 Å². The Morgan fingerprint density at radius 3 is 3.00 bits per heavy atom. The van der Waals surface area contributed by atoms with Crippen LogP contribution in [0.1, 0.15) is 19.8 Å². The molecule has 1 N–H and O–H groups in total. The molecule has 0 unspecified atom stereocenters. The minimum Gasteiger partial charge on any atom is -0.463 e. The summed E-state index contributed by atoms with van der Waals surface area (Å²) in [6.07, 6.45) is 3.33. The lowest BCUT2D eigenvalue weighted by molar-refractivity contribution is -0.127. The molecule has 0 aliphatic carbocycles. The van der Waals surface area contributed by atoms with Crippen LogP contribution in [0, 0.1) is 0 Å². The quantitative estimate of drug-likeness (QED) is 0.819. The van der Waals surface area contributed by atoms with Crippen molar-refractivity contribution in [3.63, 3.8) is 0 Å². The number of carbonyl (C=O) groups is 1. The summed E-state index contributed by atoms with van der Waals surface area (Å²) >= 11 is 3.42. The van der Waals surface area contributed by atoms with Gasteiger partial charge < -0.3 is 14.8 Å². The van der Waals surface area contributed by atoms with E-state index in [-0.39, 0.29) is 12.0 Å². The van der Waals surface area contributed by atoms with Gasteiger partial charge >= 0.3 is 0 Å². The Hall–Kier alpha value is -1.86. The Bertz CT molecular complexity index is 684. The van der Waals surface area contributed by atoms with Crippen LogP contribution in [0.3, 0.4) is 0 Å². The molecule has 7 heteroatoms. The van der Waals surface area contributed by atoms with E-state index in [0.717, 1.165) is 25.1 Å². The fourth-order valence-electron chi connectivity index (χ4n) is 2.51. The number of benzene rings is 1. The first-order valence-electron chi connectivity index (χ1n) is 8.00. The van der Waals surface area contributed by atoms with Crippen molar-refractivity contribution < 1.29 is 14.3 Å². The molecule has 1 aromatic heterocycles. The zero-order valence-electron chi connectivity index (χ0n) is 13.4. The minimum absolute atomic E-state index is 0.116. The zero-order valence-corrected chi connectivity index (χ0v) is 15.0. The lowest BCUT2D eigenvalue weighted by atomic mass is 10.2. The van der Waals surface area contributed by atoms with Gasteiger partial charge in [0.15, 0.2) is 6.10 Å². The maximum atomic E-state index is 12.2. The van der Waals surface area contributed by atoms with Crippen LogP contribution in [-0.2, 0) is 9.53 Å². The molecular formula is C17H20BrN3O3. The molecule has 1 aliphatic rings. The third kappa shape index (κ3) is 4.15. The molecule has 1 aromatic carbocycles. The number of halogens is 1. The second-order valence-electron chi connectivity index (χ2n) is 5.70. The van der Waals surface area contributed by atoms with Gasteiger partial charge in [-0.25, -0.2) is 4.68 Å². The molecule has 24 heavy (non-hydrogen) atoms. The van der Waals surface area contributed by atoms with E-state index in [0.29, 0.717) is 16.9 Å². The first-order chi connectivity index (χ1) is 11.6. The van der Waals surface area contributed by atoms with Gasteiger partial charge in [-0.2, -0.15) is 0 Å². The summed E-state index contributed by atoms with van der Waals surface area (Å²) in [7, 11) is 0. The molecule has 1 saturated heterocycles. The molecule has 0 spiro atoms. The number of hydrogen-bond donors (Lipinski definition) is 1. The van der Waals surface area contributed by atoms with E-state index in [1.54, 1.807) is 11.6 Å². The Balaban J connectivity index is 1.58. The largest absolute Gasteiger partial charge is 0.463 e. The van der Waals surface area contributed by atoms with Gasteiger partial charge in [-0.05, 0) is 47.8 Å². The maximum Gasteiger partial charge on any atom is 0.260 e. The number of nitrogens with one attached hydrogen (secondary N) is 1. The molecule has 1 fully saturated rings. The Labute approximate surface area is 149 Å². The topological polar surface area (TPSA) is 65.4 Å². The maximum absolute atomic E-state index is 12.2. The third-order valence-electron chi connectivity index (χ3n) is 3.84. The van der Waals surface area contributed by atoms with Crippen LogP contribution >= 0.6 is 15.9 Å². The zero-order chi connectivity index (χ0) is 16.9. The van der Waals surface area contributed by atoms with Gasteiger partial charge in [0.25, 0.3) is 5.91 Å². The standard InChI is InChI=1S/C17H20BrN3O3/c1-12(16(22)19-10-14-8-5-9-23-14)24-17-15(18)11-21(20-17)13-6-3-2-4-7-13/h2-4,6-7,11-12,14H,5,8-10H2,1H3,(H,19,22)/t12-,14-/m0/s1. The summed E-state index contributed by atoms with van der Waals surface area (Å²) in [5, 5.41) is 7.25. The van der Waals surface area contributed by atoms with E-state index in [4.69, 9.17) is 9.47 Å². The fourth-order valence-corrected chi connectivity index (χ4v) is 2.88. The first kappa shape index (κ1) is 17.0. The van der Waals surface area contributed by atoms with Crippen molar-refractivity contribution in [1.82, 2.24) is 15.1 Å². The average molecular weight is 394 g/mol. The molecule has 3 rings (SSSR count). The SMILES string of the molecule is C[C@H](Oc1nn(-c2ccccc2)cc1Br)C(=O)NC[C@@H]1CCCO1. The predicted molar refractivity (Wildman–Crippen MR) is 93.3 cm³/mol. The van der Waals surface area contributed by atoms with Crippen LogP contribution in [0.5, 0.6) is 5.88 Å². The lowest BCUT2D eigenvalue weighted by Crippen LogP contribution is -2.40. The second-order valence-corrected chi connectivity index (χ2v) is 6.56. The summed E-state index contributed by atoms with van der Waals surface area (Å²) in [5.74, 6) is 0.213. The molecule has 6 nitrogen and oxygen atoms in total. The van der Waals surface area contributed by atoms with Crippen molar-refractivity contribution in [2.45, 2.75) is 32.0 Å². The molecular weight excluding hydrogens is 374 g/mol. The number of rotatable bonds is 6. The highest BCUT2D eigenvalue weighted by atomic mass is 79.9. The van der Waals surface area contributed by atoms with Gasteiger partial charge in [0.1, 0.15) is 0 Å². The van der Waals surface area contributed by atoms with E-state index in [1.165, 1.54) is 0 Å². The Morgan fingerprint density at radius 2 is 2.29 bits per heavy atom. The molecule has 2 atom stereocenters. The molecule has 1 aliphatic heterocycles. The molecule has 2 heterocycles. The predicted octanol–water partition coefficient (Wildman–Crippen LogP) is 2.70. The monoisotopic (exact) mass is 393 g/mol. The molecule has 0 bridgehead atoms. The second kappa shape index (κ2) is 7.81. The normalized spacial score (nSPS) is 18.3. The Morgan fingerprint density at radius 1 is 1.50 bits per heavy atom. The first-order valence-corrected chi connectivity index (χ1v) is 8.79. The van der Waals surface area contributed by atoms with Crippen LogP contribution in [-0.4, -0.2) is 41.0 Å². The van der Waals surface area contributed by atoms with Gasteiger partial charge in [-0.3, -0.25) is 4.79 Å². The fraction of sp³-hybridized carbons (Fsp3) is 0.412. The van der Waals surface area contributed by atoms with Crippen LogP contribution < -0.4 is 10.1 Å². The molecule has 2 aromatic rings. The average Bonchev–Trinajstić information content (AvgIpc) is 3.24. The van der Waals surface area contributed by atoms with Crippen molar-refractivity contribution in [1.29, 1.82) is 0 Å². The van der Waals surface area contributed by atoms with Crippen LogP contribution in [0.15, 0.2) is 41.0 Å². The molecule has 1 amide bonds. The van der Waals surface area contributed by atoms with Gasteiger partial charge in [-0.15, -0.1) is 5.10 Å². The van der Waals surface area contributed by atoms with Crippen molar-refractivity contribution in [2.24, 2.45) is 0 Å². The van der Waals surface area contributed by atoms with Gasteiger partial charge in [0.05, 0.1) is 16.3 Å². The summed E-state index contributed by atoms with van der Waals surface area (Å²) in [5.41, 5.74) is 0.920. The van der Waals surface area contributed by atoms with E-state index in [9.17, 15) is 4.79 Å². The van der Waals surface area contributed by atoms with E-state index in [2.05, 4.69) is 26.3 Å². The van der Waals surface area contributed by atoms with Gasteiger partial charge in [0, 0.05) is 19.3 Å². The summed E-state index contributed by atoms with van der Waals surface area (Å²) < 4.78 is 13.6. The lowest BCUT2D eigenvalue weighted by Gasteiger charge is -2.15. The number of nitrogens with zero attached hydrogens (tertiary/aromatic N) is 2. The number of aromatic nitrogens is 2. The molecule has 128 valence electrons. The highest BCUT2D eigenvalue weighted by Crippen LogP contribution is 2.25. The van der Waals surface area contributed by atoms with E-state index in [1.807, 2.05) is 36.5 Å². The van der Waals surface area contributed by atoms with Gasteiger partial charge in [-0.1, -0.05) is 18.2 Å². The smallest absolute Gasteiger partial charge is 0.260 e. The minimum atomic E-state index is -0.637. The summed E-state index contributed by atoms with van der Waals surface area (Å²) in [6.45, 7) is 3.00. The molecule has 0 radical (unpaired) electrons. The van der Waals surface area contributed by atoms with Crippen LogP contribution in [0.4, 0.5) is 0 Å². The number of para-hydroxylation sites is 1. The number of carbonyl (C=O) groups excluding carboxylic acids is 1. The van der Waals surface area contributed by atoms with Crippen molar-refractivity contribution in [3.05, 3.63) is 41.0 Å². The summed E-state index contributed by atoms with van der Waals surface area (Å²) in [6, 6.07) is 9.71. The van der Waals surface area contributed by atoms with Crippen molar-refractivity contribution >= 4 is 21.8 Å². The third-order valence-corrected chi connectivity index (χ3v) is 4.39.